The highest BCUT2D eigenvalue weighted by Gasteiger charge is 2.38. The molecule has 0 atom stereocenters. The standard InChI is InChI=1S/C19H26N4OS/c1-16-21-17(13-25-16)12-22-9-10-24-15-19(14-22)4-7-23(8-5-19)18-3-2-6-20-11-18/h2-3,6,11,13H,4-5,7-10,12,14-15H2,1H3. The predicted octanol–water partition coefficient (Wildman–Crippen LogP) is 2.97. The van der Waals surface area contributed by atoms with E-state index in [1.54, 1.807) is 11.3 Å². The first-order valence-corrected chi connectivity index (χ1v) is 9.97. The van der Waals surface area contributed by atoms with Gasteiger partial charge in [0.05, 0.1) is 35.8 Å². The zero-order chi connectivity index (χ0) is 17.1. The third kappa shape index (κ3) is 4.02. The van der Waals surface area contributed by atoms with Crippen LogP contribution < -0.4 is 4.90 Å². The van der Waals surface area contributed by atoms with Crippen LogP contribution in [0.15, 0.2) is 29.9 Å². The van der Waals surface area contributed by atoms with Crippen molar-refractivity contribution in [3.63, 3.8) is 0 Å². The van der Waals surface area contributed by atoms with Gasteiger partial charge in [0.2, 0.25) is 0 Å². The number of rotatable bonds is 3. The highest BCUT2D eigenvalue weighted by molar-refractivity contribution is 7.09. The van der Waals surface area contributed by atoms with E-state index in [0.29, 0.717) is 0 Å². The molecule has 2 fully saturated rings. The second kappa shape index (κ2) is 7.40. The van der Waals surface area contributed by atoms with E-state index in [0.717, 1.165) is 50.9 Å². The van der Waals surface area contributed by atoms with Gasteiger partial charge < -0.3 is 9.64 Å². The number of anilines is 1. The van der Waals surface area contributed by atoms with E-state index in [1.807, 2.05) is 18.5 Å². The Morgan fingerprint density at radius 1 is 1.28 bits per heavy atom. The van der Waals surface area contributed by atoms with Gasteiger partial charge in [-0.3, -0.25) is 9.88 Å². The molecule has 25 heavy (non-hydrogen) atoms. The SMILES string of the molecule is Cc1nc(CN2CCOCC3(CCN(c4cccnc4)CC3)C2)cs1. The summed E-state index contributed by atoms with van der Waals surface area (Å²) in [6, 6.07) is 4.18. The largest absolute Gasteiger partial charge is 0.379 e. The molecule has 5 nitrogen and oxygen atoms in total. The van der Waals surface area contributed by atoms with Crippen molar-refractivity contribution in [2.45, 2.75) is 26.3 Å². The van der Waals surface area contributed by atoms with Crippen molar-refractivity contribution >= 4 is 17.0 Å². The fraction of sp³-hybridized carbons (Fsp3) is 0.579. The average Bonchev–Trinajstić information content (AvgIpc) is 2.94. The van der Waals surface area contributed by atoms with Gasteiger partial charge in [-0.25, -0.2) is 4.98 Å². The maximum absolute atomic E-state index is 6.01. The maximum Gasteiger partial charge on any atom is 0.0897 e. The normalized spacial score (nSPS) is 21.4. The van der Waals surface area contributed by atoms with Gasteiger partial charge in [0.15, 0.2) is 0 Å². The van der Waals surface area contributed by atoms with E-state index in [2.05, 4.69) is 38.1 Å². The van der Waals surface area contributed by atoms with Crippen LogP contribution in [0, 0.1) is 12.3 Å². The molecule has 134 valence electrons. The van der Waals surface area contributed by atoms with Crippen LogP contribution in [0.3, 0.4) is 0 Å². The molecule has 4 heterocycles. The summed E-state index contributed by atoms with van der Waals surface area (Å²) < 4.78 is 6.01. The molecule has 0 aliphatic carbocycles. The third-order valence-corrected chi connectivity index (χ3v) is 6.23. The molecule has 1 spiro atoms. The molecule has 2 aliphatic heterocycles. The minimum absolute atomic E-state index is 0.278. The first kappa shape index (κ1) is 16.9. The van der Waals surface area contributed by atoms with Gasteiger partial charge in [-0.1, -0.05) is 0 Å². The van der Waals surface area contributed by atoms with Crippen LogP contribution in [0.5, 0.6) is 0 Å². The number of aromatic nitrogens is 2. The summed E-state index contributed by atoms with van der Waals surface area (Å²) in [4.78, 5) is 13.9. The van der Waals surface area contributed by atoms with Crippen LogP contribution in [0.4, 0.5) is 5.69 Å². The Bertz CT molecular complexity index is 682. The molecule has 0 N–H and O–H groups in total. The van der Waals surface area contributed by atoms with Crippen LogP contribution in [0.2, 0.25) is 0 Å². The molecular formula is C19H26N4OS. The number of hydrogen-bond donors (Lipinski definition) is 0. The van der Waals surface area contributed by atoms with Gasteiger partial charge in [0.25, 0.3) is 0 Å². The number of aryl methyl sites for hydroxylation is 1. The second-order valence-corrected chi connectivity index (χ2v) is 8.38. The molecule has 4 rings (SSSR count). The van der Waals surface area contributed by atoms with E-state index in [1.165, 1.54) is 24.2 Å². The number of thiazole rings is 1. The van der Waals surface area contributed by atoms with Gasteiger partial charge in [-0.2, -0.15) is 0 Å². The summed E-state index contributed by atoms with van der Waals surface area (Å²) in [6.07, 6.45) is 6.16. The Morgan fingerprint density at radius 3 is 2.88 bits per heavy atom. The topological polar surface area (TPSA) is 41.5 Å². The van der Waals surface area contributed by atoms with E-state index >= 15 is 0 Å². The van der Waals surface area contributed by atoms with E-state index in [-0.39, 0.29) is 5.41 Å². The van der Waals surface area contributed by atoms with Crippen LogP contribution in [-0.2, 0) is 11.3 Å². The van der Waals surface area contributed by atoms with Gasteiger partial charge in [-0.15, -0.1) is 11.3 Å². The molecule has 0 unspecified atom stereocenters. The fourth-order valence-electron chi connectivity index (χ4n) is 4.01. The van der Waals surface area contributed by atoms with Crippen LogP contribution >= 0.6 is 11.3 Å². The number of nitrogens with zero attached hydrogens (tertiary/aromatic N) is 4. The van der Waals surface area contributed by atoms with Gasteiger partial charge in [0.1, 0.15) is 0 Å². The smallest absolute Gasteiger partial charge is 0.0897 e. The molecule has 0 radical (unpaired) electrons. The van der Waals surface area contributed by atoms with Gasteiger partial charge >= 0.3 is 0 Å². The van der Waals surface area contributed by atoms with Crippen LogP contribution in [0.1, 0.15) is 23.5 Å². The molecule has 2 aromatic heterocycles. The van der Waals surface area contributed by atoms with Crippen molar-refractivity contribution < 1.29 is 4.74 Å². The quantitative estimate of drug-likeness (QED) is 0.844. The summed E-state index contributed by atoms with van der Waals surface area (Å²) in [5.41, 5.74) is 2.72. The Labute approximate surface area is 153 Å². The van der Waals surface area contributed by atoms with Crippen LogP contribution in [-0.4, -0.2) is 54.3 Å². The van der Waals surface area contributed by atoms with E-state index in [9.17, 15) is 0 Å². The molecule has 0 bridgehead atoms. The van der Waals surface area contributed by atoms with Crippen molar-refractivity contribution in [2.24, 2.45) is 5.41 Å². The number of piperidine rings is 1. The second-order valence-electron chi connectivity index (χ2n) is 7.32. The van der Waals surface area contributed by atoms with Crippen molar-refractivity contribution in [1.82, 2.24) is 14.9 Å². The number of hydrogen-bond acceptors (Lipinski definition) is 6. The zero-order valence-electron chi connectivity index (χ0n) is 14.9. The van der Waals surface area contributed by atoms with E-state index in [4.69, 9.17) is 4.74 Å². The lowest BCUT2D eigenvalue weighted by Crippen LogP contribution is -2.47. The highest BCUT2D eigenvalue weighted by Crippen LogP contribution is 2.36. The minimum Gasteiger partial charge on any atom is -0.379 e. The lowest BCUT2D eigenvalue weighted by atomic mass is 9.78. The molecule has 2 aromatic rings. The molecule has 0 saturated carbocycles. The van der Waals surface area contributed by atoms with Gasteiger partial charge in [0, 0.05) is 49.7 Å². The van der Waals surface area contributed by atoms with Crippen molar-refractivity contribution in [2.75, 3.05) is 44.3 Å². The molecule has 2 aliphatic rings. The summed E-state index contributed by atoms with van der Waals surface area (Å²) >= 11 is 1.74. The van der Waals surface area contributed by atoms with E-state index < -0.39 is 0 Å². The lowest BCUT2D eigenvalue weighted by Gasteiger charge is -2.43. The lowest BCUT2D eigenvalue weighted by molar-refractivity contribution is 0.0489. The van der Waals surface area contributed by atoms with Crippen molar-refractivity contribution in [3.05, 3.63) is 40.6 Å². The molecular weight excluding hydrogens is 332 g/mol. The average molecular weight is 359 g/mol. The monoisotopic (exact) mass is 358 g/mol. The Morgan fingerprint density at radius 2 is 2.16 bits per heavy atom. The summed E-state index contributed by atoms with van der Waals surface area (Å²) in [7, 11) is 0. The van der Waals surface area contributed by atoms with Crippen molar-refractivity contribution in [1.29, 1.82) is 0 Å². The summed E-state index contributed by atoms with van der Waals surface area (Å²) in [6.45, 7) is 9.03. The Balaban J connectivity index is 1.40. The fourth-order valence-corrected chi connectivity index (χ4v) is 4.61. The number of ether oxygens (including phenoxy) is 1. The molecule has 6 heteroatoms. The molecule has 2 saturated heterocycles. The molecule has 0 aromatic carbocycles. The predicted molar refractivity (Wildman–Crippen MR) is 101 cm³/mol. The Hall–Kier alpha value is -1.50. The maximum atomic E-state index is 6.01. The number of pyridine rings is 1. The van der Waals surface area contributed by atoms with Gasteiger partial charge in [-0.05, 0) is 31.9 Å². The zero-order valence-corrected chi connectivity index (χ0v) is 15.7. The Kier molecular flexibility index (Phi) is 5.01. The first-order valence-electron chi connectivity index (χ1n) is 9.09. The summed E-state index contributed by atoms with van der Waals surface area (Å²) in [5, 5.41) is 3.35. The minimum atomic E-state index is 0.278. The molecule has 0 amide bonds. The highest BCUT2D eigenvalue weighted by atomic mass is 32.1. The first-order chi connectivity index (χ1) is 12.2. The van der Waals surface area contributed by atoms with Crippen LogP contribution in [0.25, 0.3) is 0 Å². The summed E-state index contributed by atoms with van der Waals surface area (Å²) in [5.74, 6) is 0. The van der Waals surface area contributed by atoms with Crippen molar-refractivity contribution in [3.8, 4) is 0 Å². The third-order valence-electron chi connectivity index (χ3n) is 5.41.